The van der Waals surface area contributed by atoms with E-state index >= 15 is 0 Å². The van der Waals surface area contributed by atoms with Gasteiger partial charge in [-0.2, -0.15) is 0 Å². The van der Waals surface area contributed by atoms with Gasteiger partial charge in [0.25, 0.3) is 0 Å². The number of hydrogen-bond donors (Lipinski definition) is 1. The van der Waals surface area contributed by atoms with Gasteiger partial charge >= 0.3 is 0 Å². The number of carbonyl (C=O) groups is 2. The Morgan fingerprint density at radius 3 is 2.34 bits per heavy atom. The number of amides is 1. The highest BCUT2D eigenvalue weighted by Gasteiger charge is 2.20. The number of fused-ring (bicyclic) bond motifs is 1. The first-order chi connectivity index (χ1) is 14.1. The molecule has 0 aliphatic heterocycles. The van der Waals surface area contributed by atoms with Gasteiger partial charge in [-0.3, -0.25) is 9.59 Å². The monoisotopic (exact) mass is 403 g/mol. The molecule has 0 fully saturated rings. The maximum Gasteiger partial charge on any atom is 0.240 e. The van der Waals surface area contributed by atoms with Crippen molar-refractivity contribution in [2.75, 3.05) is 0 Å². The van der Waals surface area contributed by atoms with E-state index in [4.69, 9.17) is 11.6 Å². The number of ketones is 1. The standard InChI is InChI=1S/C23H18ClN3O2/c24-18-12-10-17(11-13-18)22(29)23-26-19-8-4-5-9-20(19)27(23)15-21(28)25-14-16-6-2-1-3-7-16/h1-13H,14-15H2,(H,25,28). The van der Waals surface area contributed by atoms with Crippen LogP contribution < -0.4 is 5.32 Å². The van der Waals surface area contributed by atoms with Crippen molar-refractivity contribution in [2.45, 2.75) is 13.1 Å². The number of nitrogens with one attached hydrogen (secondary N) is 1. The van der Waals surface area contributed by atoms with E-state index in [1.54, 1.807) is 28.8 Å². The number of benzene rings is 3. The van der Waals surface area contributed by atoms with Gasteiger partial charge in [0, 0.05) is 17.1 Å². The van der Waals surface area contributed by atoms with E-state index < -0.39 is 0 Å². The number of carbonyl (C=O) groups excluding carboxylic acids is 2. The lowest BCUT2D eigenvalue weighted by Gasteiger charge is -2.10. The first-order valence-corrected chi connectivity index (χ1v) is 9.56. The zero-order valence-electron chi connectivity index (χ0n) is 15.5. The summed E-state index contributed by atoms with van der Waals surface area (Å²) in [5.41, 5.74) is 2.88. The van der Waals surface area contributed by atoms with Crippen LogP contribution in [0.4, 0.5) is 0 Å². The summed E-state index contributed by atoms with van der Waals surface area (Å²) in [6, 6.07) is 23.7. The molecule has 6 heteroatoms. The normalized spacial score (nSPS) is 10.8. The molecule has 1 N–H and O–H groups in total. The van der Waals surface area contributed by atoms with E-state index in [1.165, 1.54) is 0 Å². The van der Waals surface area contributed by atoms with Crippen molar-refractivity contribution in [1.82, 2.24) is 14.9 Å². The minimum Gasteiger partial charge on any atom is -0.350 e. The average Bonchev–Trinajstić information content (AvgIpc) is 3.11. The fourth-order valence-corrected chi connectivity index (χ4v) is 3.26. The molecule has 0 aliphatic carbocycles. The van der Waals surface area contributed by atoms with Crippen LogP contribution in [0, 0.1) is 0 Å². The minimum absolute atomic E-state index is 0.00199. The van der Waals surface area contributed by atoms with E-state index in [1.807, 2.05) is 54.6 Å². The smallest absolute Gasteiger partial charge is 0.240 e. The summed E-state index contributed by atoms with van der Waals surface area (Å²) in [7, 11) is 0. The highest BCUT2D eigenvalue weighted by atomic mass is 35.5. The third-order valence-corrected chi connectivity index (χ3v) is 4.85. The van der Waals surface area contributed by atoms with Crippen molar-refractivity contribution in [2.24, 2.45) is 0 Å². The summed E-state index contributed by atoms with van der Waals surface area (Å²) in [6.07, 6.45) is 0. The Kier molecular flexibility index (Phi) is 5.40. The molecule has 29 heavy (non-hydrogen) atoms. The summed E-state index contributed by atoms with van der Waals surface area (Å²) < 4.78 is 1.66. The number of rotatable bonds is 6. The van der Waals surface area contributed by atoms with Crippen LogP contribution in [0.25, 0.3) is 11.0 Å². The molecule has 5 nitrogen and oxygen atoms in total. The zero-order chi connectivity index (χ0) is 20.2. The molecule has 1 aromatic heterocycles. The SMILES string of the molecule is O=C(Cn1c(C(=O)c2ccc(Cl)cc2)nc2ccccc21)NCc1ccccc1. The highest BCUT2D eigenvalue weighted by molar-refractivity contribution is 6.30. The molecule has 0 bridgehead atoms. The van der Waals surface area contributed by atoms with Crippen molar-refractivity contribution in [1.29, 1.82) is 0 Å². The predicted molar refractivity (Wildman–Crippen MR) is 113 cm³/mol. The Morgan fingerprint density at radius 1 is 0.897 bits per heavy atom. The molecule has 1 heterocycles. The quantitative estimate of drug-likeness (QED) is 0.490. The maximum atomic E-state index is 13.1. The molecule has 1 amide bonds. The largest absolute Gasteiger partial charge is 0.350 e. The van der Waals surface area contributed by atoms with Gasteiger partial charge in [-0.1, -0.05) is 54.1 Å². The Hall–Kier alpha value is -3.44. The first kappa shape index (κ1) is 18.9. The van der Waals surface area contributed by atoms with Gasteiger partial charge < -0.3 is 9.88 Å². The van der Waals surface area contributed by atoms with Crippen molar-refractivity contribution in [3.05, 3.63) is 101 Å². The highest BCUT2D eigenvalue weighted by Crippen LogP contribution is 2.20. The number of aromatic nitrogens is 2. The van der Waals surface area contributed by atoms with Crippen LogP contribution in [0.5, 0.6) is 0 Å². The second-order valence-electron chi connectivity index (χ2n) is 6.61. The molecule has 0 spiro atoms. The molecule has 3 aromatic carbocycles. The van der Waals surface area contributed by atoms with Gasteiger partial charge in [0.2, 0.25) is 11.7 Å². The number of imidazole rings is 1. The minimum atomic E-state index is -0.256. The van der Waals surface area contributed by atoms with Crippen molar-refractivity contribution in [3.8, 4) is 0 Å². The number of para-hydroxylation sites is 2. The second-order valence-corrected chi connectivity index (χ2v) is 7.05. The molecular formula is C23H18ClN3O2. The van der Waals surface area contributed by atoms with Crippen LogP contribution in [0.15, 0.2) is 78.9 Å². The summed E-state index contributed by atoms with van der Waals surface area (Å²) in [6.45, 7) is 0.425. The lowest BCUT2D eigenvalue weighted by molar-refractivity contribution is -0.121. The summed E-state index contributed by atoms with van der Waals surface area (Å²) in [5, 5.41) is 3.45. The summed E-state index contributed by atoms with van der Waals surface area (Å²) >= 11 is 5.93. The Bertz CT molecular complexity index is 1170. The van der Waals surface area contributed by atoms with Crippen molar-refractivity contribution < 1.29 is 9.59 Å². The molecule has 4 rings (SSSR count). The predicted octanol–water partition coefficient (Wildman–Crippen LogP) is 4.24. The molecule has 0 unspecified atom stereocenters. The van der Waals surface area contributed by atoms with Crippen LogP contribution in [0.2, 0.25) is 5.02 Å². The van der Waals surface area contributed by atoms with Gasteiger partial charge in [-0.15, -0.1) is 0 Å². The van der Waals surface area contributed by atoms with E-state index in [0.717, 1.165) is 11.1 Å². The molecule has 4 aromatic rings. The van der Waals surface area contributed by atoms with Gasteiger partial charge in [0.05, 0.1) is 11.0 Å². The summed E-state index contributed by atoms with van der Waals surface area (Å²) in [4.78, 5) is 30.1. The van der Waals surface area contributed by atoms with Gasteiger partial charge in [0.1, 0.15) is 6.54 Å². The molecule has 0 saturated heterocycles. The Balaban J connectivity index is 1.62. The van der Waals surface area contributed by atoms with Crippen LogP contribution in [0.3, 0.4) is 0 Å². The number of nitrogens with zero attached hydrogens (tertiary/aromatic N) is 2. The lowest BCUT2D eigenvalue weighted by atomic mass is 10.1. The third-order valence-electron chi connectivity index (χ3n) is 4.60. The fraction of sp³-hybridized carbons (Fsp3) is 0.0870. The van der Waals surface area contributed by atoms with E-state index in [9.17, 15) is 9.59 Å². The van der Waals surface area contributed by atoms with Crippen molar-refractivity contribution >= 4 is 34.3 Å². The second kappa shape index (κ2) is 8.29. The van der Waals surface area contributed by atoms with Crippen LogP contribution in [-0.2, 0) is 17.9 Å². The topological polar surface area (TPSA) is 64.0 Å². The zero-order valence-corrected chi connectivity index (χ0v) is 16.3. The number of halogens is 1. The molecule has 144 valence electrons. The lowest BCUT2D eigenvalue weighted by Crippen LogP contribution is -2.28. The molecule has 0 atom stereocenters. The Morgan fingerprint density at radius 2 is 1.59 bits per heavy atom. The van der Waals surface area contributed by atoms with E-state index in [0.29, 0.717) is 22.6 Å². The number of hydrogen-bond acceptors (Lipinski definition) is 3. The maximum absolute atomic E-state index is 13.1. The average molecular weight is 404 g/mol. The van der Waals surface area contributed by atoms with Crippen LogP contribution >= 0.6 is 11.6 Å². The summed E-state index contributed by atoms with van der Waals surface area (Å²) in [5.74, 6) is -0.223. The van der Waals surface area contributed by atoms with Crippen LogP contribution in [-0.4, -0.2) is 21.2 Å². The molecule has 0 saturated carbocycles. The molecular weight excluding hydrogens is 386 g/mol. The fourth-order valence-electron chi connectivity index (χ4n) is 3.14. The molecule has 0 radical (unpaired) electrons. The van der Waals surface area contributed by atoms with Gasteiger partial charge in [-0.05, 0) is 42.0 Å². The van der Waals surface area contributed by atoms with E-state index in [2.05, 4.69) is 10.3 Å². The van der Waals surface area contributed by atoms with Crippen LogP contribution in [0.1, 0.15) is 21.7 Å². The molecule has 0 aliphatic rings. The Labute approximate surface area is 173 Å². The third kappa shape index (κ3) is 4.20. The van der Waals surface area contributed by atoms with Gasteiger partial charge in [0.15, 0.2) is 5.82 Å². The van der Waals surface area contributed by atoms with Crippen molar-refractivity contribution in [3.63, 3.8) is 0 Å². The van der Waals surface area contributed by atoms with Gasteiger partial charge in [-0.25, -0.2) is 4.98 Å². The first-order valence-electron chi connectivity index (χ1n) is 9.18. The van der Waals surface area contributed by atoms with E-state index in [-0.39, 0.29) is 24.1 Å².